The van der Waals surface area contributed by atoms with Crippen molar-refractivity contribution in [3.05, 3.63) is 30.6 Å². The van der Waals surface area contributed by atoms with E-state index in [2.05, 4.69) is 21.8 Å². The number of hydrogen-bond acceptors (Lipinski definition) is 6. The van der Waals surface area contributed by atoms with Crippen molar-refractivity contribution in [1.29, 1.82) is 0 Å². The number of methoxy groups -OCH3 is 1. The maximum Gasteiger partial charge on any atom is 0.248 e. The first kappa shape index (κ1) is 15.4. The molecule has 0 radical (unpaired) electrons. The molecule has 1 aliphatic rings. The number of nitrogen functional groups attached to an aromatic ring is 1. The normalized spacial score (nSPS) is 15.5. The van der Waals surface area contributed by atoms with E-state index in [0.29, 0.717) is 23.1 Å². The summed E-state index contributed by atoms with van der Waals surface area (Å²) in [5.74, 6) is 3.08. The molecule has 0 atom stereocenters. The Morgan fingerprint density at radius 3 is 2.52 bits per heavy atom. The van der Waals surface area contributed by atoms with E-state index in [1.54, 1.807) is 7.11 Å². The lowest BCUT2D eigenvalue weighted by atomic mass is 9.99. The van der Waals surface area contributed by atoms with Crippen LogP contribution in [0.5, 0.6) is 17.4 Å². The van der Waals surface area contributed by atoms with Gasteiger partial charge in [0, 0.05) is 13.1 Å². The molecule has 0 spiro atoms. The van der Waals surface area contributed by atoms with Crippen LogP contribution in [0.4, 0.5) is 11.5 Å². The summed E-state index contributed by atoms with van der Waals surface area (Å²) in [6.07, 6.45) is 3.78. The van der Waals surface area contributed by atoms with Crippen LogP contribution in [0.1, 0.15) is 19.8 Å². The molecule has 0 bridgehead atoms. The van der Waals surface area contributed by atoms with E-state index in [9.17, 15) is 0 Å². The highest BCUT2D eigenvalue weighted by atomic mass is 16.5. The van der Waals surface area contributed by atoms with Gasteiger partial charge in [-0.15, -0.1) is 0 Å². The fraction of sp³-hybridized carbons (Fsp3) is 0.412. The Hall–Kier alpha value is -2.50. The van der Waals surface area contributed by atoms with Gasteiger partial charge in [0.2, 0.25) is 5.88 Å². The molecule has 1 aromatic heterocycles. The summed E-state index contributed by atoms with van der Waals surface area (Å²) in [4.78, 5) is 10.7. The maximum atomic E-state index is 6.26. The van der Waals surface area contributed by atoms with E-state index in [4.69, 9.17) is 15.2 Å². The third-order valence-corrected chi connectivity index (χ3v) is 4.19. The lowest BCUT2D eigenvalue weighted by molar-refractivity contribution is 0.374. The highest BCUT2D eigenvalue weighted by Gasteiger charge is 2.21. The Balaban J connectivity index is 1.85. The molecule has 1 aromatic carbocycles. The molecule has 122 valence electrons. The molecule has 3 rings (SSSR count). The summed E-state index contributed by atoms with van der Waals surface area (Å²) < 4.78 is 11.2. The molecular weight excluding hydrogens is 292 g/mol. The molecule has 6 heteroatoms. The molecule has 1 saturated heterocycles. The van der Waals surface area contributed by atoms with Gasteiger partial charge >= 0.3 is 0 Å². The predicted molar refractivity (Wildman–Crippen MR) is 90.1 cm³/mol. The summed E-state index contributed by atoms with van der Waals surface area (Å²) in [7, 11) is 1.60. The lowest BCUT2D eigenvalue weighted by Crippen LogP contribution is -2.34. The molecule has 2 aromatic rings. The molecule has 2 N–H and O–H groups in total. The minimum Gasteiger partial charge on any atom is -0.493 e. The van der Waals surface area contributed by atoms with Crippen LogP contribution in [0.15, 0.2) is 30.6 Å². The largest absolute Gasteiger partial charge is 0.493 e. The first-order valence-electron chi connectivity index (χ1n) is 7.85. The number of para-hydroxylation sites is 2. The zero-order valence-electron chi connectivity index (χ0n) is 13.5. The molecule has 0 saturated carbocycles. The van der Waals surface area contributed by atoms with Gasteiger partial charge in [-0.3, -0.25) is 0 Å². The topological polar surface area (TPSA) is 73.5 Å². The van der Waals surface area contributed by atoms with E-state index in [1.165, 1.54) is 6.33 Å². The van der Waals surface area contributed by atoms with Crippen LogP contribution in [0.25, 0.3) is 0 Å². The number of nitrogens with zero attached hydrogens (tertiary/aromatic N) is 3. The molecule has 0 unspecified atom stereocenters. The van der Waals surface area contributed by atoms with Crippen LogP contribution in [-0.4, -0.2) is 30.2 Å². The van der Waals surface area contributed by atoms with Crippen molar-refractivity contribution in [2.45, 2.75) is 19.8 Å². The first-order valence-corrected chi connectivity index (χ1v) is 7.85. The van der Waals surface area contributed by atoms with Crippen molar-refractivity contribution in [3.63, 3.8) is 0 Å². The maximum absolute atomic E-state index is 6.26. The second kappa shape index (κ2) is 6.73. The average Bonchev–Trinajstić information content (AvgIpc) is 2.58. The molecular formula is C17H22N4O2. The summed E-state index contributed by atoms with van der Waals surface area (Å²) in [6, 6.07) is 7.42. The van der Waals surface area contributed by atoms with Crippen molar-refractivity contribution < 1.29 is 9.47 Å². The Labute approximate surface area is 136 Å². The van der Waals surface area contributed by atoms with Crippen molar-refractivity contribution in [2.24, 2.45) is 5.92 Å². The summed E-state index contributed by atoms with van der Waals surface area (Å²) in [5, 5.41) is 0. The van der Waals surface area contributed by atoms with E-state index in [0.717, 1.165) is 37.7 Å². The molecule has 2 heterocycles. The number of rotatable bonds is 4. The highest BCUT2D eigenvalue weighted by Crippen LogP contribution is 2.36. The van der Waals surface area contributed by atoms with Crippen LogP contribution in [0, 0.1) is 5.92 Å². The SMILES string of the molecule is COc1ccccc1Oc1ncnc(N2CCC(C)CC2)c1N. The minimum atomic E-state index is 0.359. The van der Waals surface area contributed by atoms with Gasteiger partial charge < -0.3 is 20.1 Å². The van der Waals surface area contributed by atoms with Crippen molar-refractivity contribution in [1.82, 2.24) is 9.97 Å². The number of benzene rings is 1. The van der Waals surface area contributed by atoms with Crippen LogP contribution in [-0.2, 0) is 0 Å². The predicted octanol–water partition coefficient (Wildman–Crippen LogP) is 3.10. The zero-order chi connectivity index (χ0) is 16.2. The van der Waals surface area contributed by atoms with E-state index >= 15 is 0 Å². The molecule has 0 aliphatic carbocycles. The Kier molecular flexibility index (Phi) is 4.50. The second-order valence-electron chi connectivity index (χ2n) is 5.84. The quantitative estimate of drug-likeness (QED) is 0.935. The third-order valence-electron chi connectivity index (χ3n) is 4.19. The van der Waals surface area contributed by atoms with E-state index in [-0.39, 0.29) is 0 Å². The Morgan fingerprint density at radius 1 is 1.13 bits per heavy atom. The van der Waals surface area contributed by atoms with Crippen LogP contribution in [0.2, 0.25) is 0 Å². The number of anilines is 2. The van der Waals surface area contributed by atoms with Gasteiger partial charge in [-0.25, -0.2) is 4.98 Å². The summed E-state index contributed by atoms with van der Waals surface area (Å²) in [6.45, 7) is 4.18. The number of piperidine rings is 1. The van der Waals surface area contributed by atoms with Gasteiger partial charge in [0.1, 0.15) is 12.0 Å². The zero-order valence-corrected chi connectivity index (χ0v) is 13.5. The van der Waals surface area contributed by atoms with Gasteiger partial charge in [0.25, 0.3) is 0 Å². The lowest BCUT2D eigenvalue weighted by Gasteiger charge is -2.31. The number of nitrogens with two attached hydrogens (primary N) is 1. The molecule has 23 heavy (non-hydrogen) atoms. The van der Waals surface area contributed by atoms with Crippen LogP contribution in [0.3, 0.4) is 0 Å². The van der Waals surface area contributed by atoms with Gasteiger partial charge in [-0.2, -0.15) is 4.98 Å². The Bertz CT molecular complexity index is 669. The van der Waals surface area contributed by atoms with E-state index < -0.39 is 0 Å². The molecule has 1 aliphatic heterocycles. The fourth-order valence-electron chi connectivity index (χ4n) is 2.73. The third kappa shape index (κ3) is 3.31. The Morgan fingerprint density at radius 2 is 1.83 bits per heavy atom. The van der Waals surface area contributed by atoms with E-state index in [1.807, 2.05) is 24.3 Å². The van der Waals surface area contributed by atoms with Crippen molar-refractivity contribution >= 4 is 11.5 Å². The van der Waals surface area contributed by atoms with Crippen LogP contribution < -0.4 is 20.1 Å². The number of ether oxygens (including phenoxy) is 2. The highest BCUT2D eigenvalue weighted by molar-refractivity contribution is 5.68. The van der Waals surface area contributed by atoms with Gasteiger partial charge in [0.15, 0.2) is 17.3 Å². The van der Waals surface area contributed by atoms with Gasteiger partial charge in [-0.05, 0) is 30.9 Å². The van der Waals surface area contributed by atoms with Gasteiger partial charge in [-0.1, -0.05) is 19.1 Å². The molecule has 6 nitrogen and oxygen atoms in total. The first-order chi connectivity index (χ1) is 11.2. The smallest absolute Gasteiger partial charge is 0.248 e. The van der Waals surface area contributed by atoms with Crippen molar-refractivity contribution in [3.8, 4) is 17.4 Å². The standard InChI is InChI=1S/C17H22N4O2/c1-12-7-9-21(10-8-12)16-15(18)17(20-11-19-16)23-14-6-4-3-5-13(14)22-2/h3-6,11-12H,7-10,18H2,1-2H3. The van der Waals surface area contributed by atoms with Crippen LogP contribution >= 0.6 is 0 Å². The van der Waals surface area contributed by atoms with Crippen molar-refractivity contribution in [2.75, 3.05) is 30.8 Å². The summed E-state index contributed by atoms with van der Waals surface area (Å²) in [5.41, 5.74) is 6.72. The second-order valence-corrected chi connectivity index (χ2v) is 5.84. The minimum absolute atomic E-state index is 0.359. The monoisotopic (exact) mass is 314 g/mol. The van der Waals surface area contributed by atoms with Gasteiger partial charge in [0.05, 0.1) is 7.11 Å². The molecule has 1 fully saturated rings. The summed E-state index contributed by atoms with van der Waals surface area (Å²) >= 11 is 0. The number of aromatic nitrogens is 2. The fourth-order valence-corrected chi connectivity index (χ4v) is 2.73. The number of hydrogen-bond donors (Lipinski definition) is 1. The average molecular weight is 314 g/mol. The molecule has 0 amide bonds.